The molecular formula is C13H19F2N. The van der Waals surface area contributed by atoms with Crippen LogP contribution in [-0.2, 0) is 6.42 Å². The third-order valence-electron chi connectivity index (χ3n) is 3.23. The molecule has 0 aliphatic heterocycles. The van der Waals surface area contributed by atoms with Crippen LogP contribution in [-0.4, -0.2) is 6.04 Å². The van der Waals surface area contributed by atoms with Crippen LogP contribution < -0.4 is 5.73 Å². The Balaban J connectivity index is 2.80. The highest BCUT2D eigenvalue weighted by Gasteiger charge is 2.19. The summed E-state index contributed by atoms with van der Waals surface area (Å²) in [6.45, 7) is 6.12. The number of hydrogen-bond acceptors (Lipinski definition) is 1. The van der Waals surface area contributed by atoms with Crippen LogP contribution in [0.2, 0.25) is 0 Å². The predicted molar refractivity (Wildman–Crippen MR) is 62.0 cm³/mol. The Labute approximate surface area is 95.7 Å². The molecule has 0 bridgehead atoms. The van der Waals surface area contributed by atoms with Crippen molar-refractivity contribution in [3.8, 4) is 0 Å². The van der Waals surface area contributed by atoms with E-state index in [0.29, 0.717) is 5.92 Å². The molecule has 3 heteroatoms. The van der Waals surface area contributed by atoms with Crippen LogP contribution in [0.4, 0.5) is 8.78 Å². The molecule has 0 spiro atoms. The molecule has 1 rings (SSSR count). The van der Waals surface area contributed by atoms with Gasteiger partial charge in [0.05, 0.1) is 0 Å². The molecule has 0 fully saturated rings. The van der Waals surface area contributed by atoms with Gasteiger partial charge in [0, 0.05) is 11.6 Å². The number of halogens is 2. The topological polar surface area (TPSA) is 26.0 Å². The third kappa shape index (κ3) is 3.01. The third-order valence-corrected chi connectivity index (χ3v) is 3.23. The number of rotatable bonds is 4. The van der Waals surface area contributed by atoms with Gasteiger partial charge < -0.3 is 5.73 Å². The zero-order valence-corrected chi connectivity index (χ0v) is 10.0. The second-order valence-corrected chi connectivity index (χ2v) is 4.67. The summed E-state index contributed by atoms with van der Waals surface area (Å²) < 4.78 is 26.8. The fourth-order valence-electron chi connectivity index (χ4n) is 1.64. The maximum Gasteiger partial charge on any atom is 0.129 e. The summed E-state index contributed by atoms with van der Waals surface area (Å²) in [5, 5.41) is 0. The molecule has 2 unspecified atom stereocenters. The molecule has 2 atom stereocenters. The standard InChI is InChI=1S/C13H19F2N/c1-8(2)9(3)13(16)7-10-11(14)5-4-6-12(10)15/h4-6,8-9,13H,7,16H2,1-3H3. The molecule has 90 valence electrons. The summed E-state index contributed by atoms with van der Waals surface area (Å²) in [4.78, 5) is 0. The van der Waals surface area contributed by atoms with Crippen molar-refractivity contribution < 1.29 is 8.78 Å². The highest BCUT2D eigenvalue weighted by molar-refractivity contribution is 5.20. The second-order valence-electron chi connectivity index (χ2n) is 4.67. The van der Waals surface area contributed by atoms with Crippen molar-refractivity contribution in [1.82, 2.24) is 0 Å². The van der Waals surface area contributed by atoms with E-state index in [4.69, 9.17) is 5.73 Å². The highest BCUT2D eigenvalue weighted by atomic mass is 19.1. The van der Waals surface area contributed by atoms with E-state index in [1.165, 1.54) is 18.2 Å². The molecule has 1 nitrogen and oxygen atoms in total. The Morgan fingerprint density at radius 2 is 1.62 bits per heavy atom. The van der Waals surface area contributed by atoms with Crippen molar-refractivity contribution in [3.63, 3.8) is 0 Å². The molecule has 1 aromatic rings. The van der Waals surface area contributed by atoms with E-state index in [2.05, 4.69) is 13.8 Å². The van der Waals surface area contributed by atoms with Crippen LogP contribution in [0.5, 0.6) is 0 Å². The van der Waals surface area contributed by atoms with Gasteiger partial charge in [-0.2, -0.15) is 0 Å². The summed E-state index contributed by atoms with van der Waals surface area (Å²) in [6.07, 6.45) is 0.248. The van der Waals surface area contributed by atoms with Gasteiger partial charge in [0.15, 0.2) is 0 Å². The number of benzene rings is 1. The zero-order valence-electron chi connectivity index (χ0n) is 10.0. The van der Waals surface area contributed by atoms with Crippen molar-refractivity contribution in [1.29, 1.82) is 0 Å². The van der Waals surface area contributed by atoms with Crippen LogP contribution in [0.3, 0.4) is 0 Å². The van der Waals surface area contributed by atoms with Crippen LogP contribution in [0, 0.1) is 23.5 Å². The van der Waals surface area contributed by atoms with Gasteiger partial charge in [0.2, 0.25) is 0 Å². The SMILES string of the molecule is CC(C)C(C)C(N)Cc1c(F)cccc1F. The first-order valence-corrected chi connectivity index (χ1v) is 5.62. The first-order valence-electron chi connectivity index (χ1n) is 5.62. The Bertz CT molecular complexity index is 330. The summed E-state index contributed by atoms with van der Waals surface area (Å²) >= 11 is 0. The van der Waals surface area contributed by atoms with Gasteiger partial charge in [-0.25, -0.2) is 8.78 Å². The molecule has 0 aromatic heterocycles. The molecule has 0 radical (unpaired) electrons. The van der Waals surface area contributed by atoms with E-state index in [1.54, 1.807) is 0 Å². The minimum absolute atomic E-state index is 0.0995. The lowest BCUT2D eigenvalue weighted by Gasteiger charge is -2.23. The average Bonchev–Trinajstić information content (AvgIpc) is 2.22. The van der Waals surface area contributed by atoms with E-state index in [1.807, 2.05) is 6.92 Å². The summed E-state index contributed by atoms with van der Waals surface area (Å²) in [6, 6.07) is 3.69. The molecule has 0 saturated carbocycles. The van der Waals surface area contributed by atoms with Gasteiger partial charge in [-0.3, -0.25) is 0 Å². The van der Waals surface area contributed by atoms with E-state index >= 15 is 0 Å². The zero-order chi connectivity index (χ0) is 12.3. The van der Waals surface area contributed by atoms with Crippen molar-refractivity contribution >= 4 is 0 Å². The Morgan fingerprint density at radius 3 is 2.06 bits per heavy atom. The van der Waals surface area contributed by atoms with Gasteiger partial charge in [0.1, 0.15) is 11.6 Å². The monoisotopic (exact) mass is 227 g/mol. The van der Waals surface area contributed by atoms with Crippen molar-refractivity contribution in [2.45, 2.75) is 33.2 Å². The molecule has 0 amide bonds. The van der Waals surface area contributed by atoms with E-state index < -0.39 is 11.6 Å². The van der Waals surface area contributed by atoms with Crippen LogP contribution >= 0.6 is 0 Å². The van der Waals surface area contributed by atoms with Gasteiger partial charge >= 0.3 is 0 Å². The van der Waals surface area contributed by atoms with E-state index in [9.17, 15) is 8.78 Å². The van der Waals surface area contributed by atoms with Crippen molar-refractivity contribution in [2.24, 2.45) is 17.6 Å². The van der Waals surface area contributed by atoms with Crippen molar-refractivity contribution in [3.05, 3.63) is 35.4 Å². The average molecular weight is 227 g/mol. The molecule has 0 aliphatic rings. The second kappa shape index (κ2) is 5.39. The molecule has 2 N–H and O–H groups in total. The van der Waals surface area contributed by atoms with Crippen molar-refractivity contribution in [2.75, 3.05) is 0 Å². The first-order chi connectivity index (χ1) is 7.43. The smallest absolute Gasteiger partial charge is 0.129 e. The fraction of sp³-hybridized carbons (Fsp3) is 0.538. The maximum absolute atomic E-state index is 13.4. The fourth-order valence-corrected chi connectivity index (χ4v) is 1.64. The maximum atomic E-state index is 13.4. The van der Waals surface area contributed by atoms with Gasteiger partial charge in [-0.05, 0) is 30.4 Å². The molecule has 16 heavy (non-hydrogen) atoms. The van der Waals surface area contributed by atoms with E-state index in [-0.39, 0.29) is 23.9 Å². The lowest BCUT2D eigenvalue weighted by Crippen LogP contribution is -2.34. The Hall–Kier alpha value is -0.960. The van der Waals surface area contributed by atoms with Crippen LogP contribution in [0.1, 0.15) is 26.3 Å². The number of nitrogens with two attached hydrogens (primary N) is 1. The minimum atomic E-state index is -0.508. The Kier molecular flexibility index (Phi) is 4.42. The molecule has 1 aromatic carbocycles. The molecule has 0 heterocycles. The van der Waals surface area contributed by atoms with Gasteiger partial charge in [-0.1, -0.05) is 26.8 Å². The normalized spacial score (nSPS) is 15.2. The lowest BCUT2D eigenvalue weighted by molar-refractivity contribution is 0.339. The molecular weight excluding hydrogens is 208 g/mol. The van der Waals surface area contributed by atoms with Gasteiger partial charge in [0.25, 0.3) is 0 Å². The Morgan fingerprint density at radius 1 is 1.12 bits per heavy atom. The largest absolute Gasteiger partial charge is 0.327 e. The van der Waals surface area contributed by atoms with Crippen LogP contribution in [0.25, 0.3) is 0 Å². The lowest BCUT2D eigenvalue weighted by atomic mass is 9.87. The van der Waals surface area contributed by atoms with Gasteiger partial charge in [-0.15, -0.1) is 0 Å². The summed E-state index contributed by atoms with van der Waals surface area (Å²) in [5.41, 5.74) is 6.05. The summed E-state index contributed by atoms with van der Waals surface area (Å²) in [5.74, 6) is -0.373. The number of hydrogen-bond donors (Lipinski definition) is 1. The van der Waals surface area contributed by atoms with Crippen LogP contribution in [0.15, 0.2) is 18.2 Å². The molecule has 0 saturated heterocycles. The van der Waals surface area contributed by atoms with E-state index in [0.717, 1.165) is 0 Å². The highest BCUT2D eigenvalue weighted by Crippen LogP contribution is 2.20. The first kappa shape index (κ1) is 13.1. The molecule has 0 aliphatic carbocycles. The quantitative estimate of drug-likeness (QED) is 0.840. The predicted octanol–water partition coefficient (Wildman–Crippen LogP) is 3.13. The summed E-state index contributed by atoms with van der Waals surface area (Å²) in [7, 11) is 0. The minimum Gasteiger partial charge on any atom is -0.327 e.